The molecular weight excluding hydrogens is 362 g/mol. The fourth-order valence-electron chi connectivity index (χ4n) is 2.67. The lowest BCUT2D eigenvalue weighted by Crippen LogP contribution is -2.58. The van der Waals surface area contributed by atoms with Crippen LogP contribution in [0.15, 0.2) is 0 Å². The van der Waals surface area contributed by atoms with E-state index in [0.717, 1.165) is 0 Å². The lowest BCUT2D eigenvalue weighted by atomic mass is 10.1. The van der Waals surface area contributed by atoms with Gasteiger partial charge in [0.2, 0.25) is 23.6 Å². The Morgan fingerprint density at radius 1 is 1.26 bits per heavy atom. The van der Waals surface area contributed by atoms with E-state index in [-0.39, 0.29) is 6.54 Å². The fourth-order valence-corrected chi connectivity index (χ4v) is 2.67. The van der Waals surface area contributed by atoms with Crippen LogP contribution in [0.2, 0.25) is 0 Å². The van der Waals surface area contributed by atoms with Crippen molar-refractivity contribution in [2.45, 2.75) is 50.4 Å². The van der Waals surface area contributed by atoms with Crippen LogP contribution in [-0.2, 0) is 24.0 Å². The van der Waals surface area contributed by atoms with E-state index in [1.807, 2.05) is 0 Å². The Labute approximate surface area is 155 Å². The van der Waals surface area contributed by atoms with Crippen LogP contribution >= 0.6 is 0 Å². The Morgan fingerprint density at radius 3 is 2.41 bits per heavy atom. The van der Waals surface area contributed by atoms with Gasteiger partial charge in [-0.3, -0.25) is 24.0 Å². The zero-order chi connectivity index (χ0) is 20.7. The highest BCUT2D eigenvalue weighted by Gasteiger charge is 2.38. The van der Waals surface area contributed by atoms with Crippen molar-refractivity contribution >= 4 is 29.6 Å². The van der Waals surface area contributed by atoms with Gasteiger partial charge in [0.1, 0.15) is 24.7 Å². The minimum absolute atomic E-state index is 0.192. The molecule has 0 aliphatic carbocycles. The number of carboxylic acid groups (broad SMARTS) is 1. The number of nitrogens with zero attached hydrogens (tertiary/aromatic N) is 1. The average molecular weight is 387 g/mol. The van der Waals surface area contributed by atoms with Gasteiger partial charge < -0.3 is 37.2 Å². The topological polar surface area (TPSA) is 205 Å². The number of primary amides is 1. The Morgan fingerprint density at radius 2 is 1.89 bits per heavy atom. The summed E-state index contributed by atoms with van der Waals surface area (Å²) in [6.45, 7) is 0.887. The van der Waals surface area contributed by atoms with Gasteiger partial charge in [-0.25, -0.2) is 0 Å². The molecule has 27 heavy (non-hydrogen) atoms. The molecule has 4 unspecified atom stereocenters. The summed E-state index contributed by atoms with van der Waals surface area (Å²) in [6.07, 6.45) is -0.907. The van der Waals surface area contributed by atoms with Crippen LogP contribution in [-0.4, -0.2) is 82.0 Å². The third kappa shape index (κ3) is 6.49. The minimum atomic E-state index is -1.35. The number of amides is 4. The molecule has 0 aromatic rings. The highest BCUT2D eigenvalue weighted by atomic mass is 16.4. The van der Waals surface area contributed by atoms with E-state index >= 15 is 0 Å². The predicted octanol–water partition coefficient (Wildman–Crippen LogP) is -3.75. The molecule has 1 saturated heterocycles. The Kier molecular flexibility index (Phi) is 8.12. The molecule has 1 aliphatic heterocycles. The fraction of sp³-hybridized carbons (Fsp3) is 0.667. The van der Waals surface area contributed by atoms with Crippen molar-refractivity contribution in [3.63, 3.8) is 0 Å². The summed E-state index contributed by atoms with van der Waals surface area (Å²) in [6, 6.07) is -3.59. The molecule has 0 aromatic heterocycles. The standard InChI is InChI=1S/C15H25N5O7/c1-7(21)12(17)14(26)19-8(5-10(16)22)15(27)20-4-2-3-9(20)13(25)18-6-11(23)24/h7-9,12,21H,2-6,17H2,1H3,(H2,16,22)(H,18,25)(H,19,26)(H,23,24). The second-order valence-electron chi connectivity index (χ2n) is 6.30. The number of aliphatic hydroxyl groups excluding tert-OH is 1. The summed E-state index contributed by atoms with van der Waals surface area (Å²) in [5, 5.41) is 22.5. The maximum Gasteiger partial charge on any atom is 0.322 e. The van der Waals surface area contributed by atoms with Crippen molar-refractivity contribution in [2.75, 3.05) is 13.1 Å². The van der Waals surface area contributed by atoms with Crippen molar-refractivity contribution in [2.24, 2.45) is 11.5 Å². The molecule has 1 fully saturated rings. The van der Waals surface area contributed by atoms with Crippen LogP contribution in [0.4, 0.5) is 0 Å². The number of carbonyl (C=O) groups is 5. The van der Waals surface area contributed by atoms with Gasteiger partial charge in [-0.2, -0.15) is 0 Å². The second kappa shape index (κ2) is 9.83. The second-order valence-corrected chi connectivity index (χ2v) is 6.30. The number of likely N-dealkylation sites (tertiary alicyclic amines) is 1. The minimum Gasteiger partial charge on any atom is -0.480 e. The van der Waals surface area contributed by atoms with E-state index in [2.05, 4.69) is 10.6 Å². The molecule has 1 rings (SSSR count). The van der Waals surface area contributed by atoms with Crippen LogP contribution in [0.25, 0.3) is 0 Å². The van der Waals surface area contributed by atoms with Gasteiger partial charge in [-0.15, -0.1) is 0 Å². The van der Waals surface area contributed by atoms with Gasteiger partial charge in [-0.1, -0.05) is 0 Å². The van der Waals surface area contributed by atoms with Gasteiger partial charge in [0.05, 0.1) is 12.5 Å². The first kappa shape index (κ1) is 22.3. The summed E-state index contributed by atoms with van der Waals surface area (Å²) < 4.78 is 0. The number of rotatable bonds is 9. The number of aliphatic carboxylic acids is 1. The van der Waals surface area contributed by atoms with Gasteiger partial charge in [0.15, 0.2) is 0 Å². The average Bonchev–Trinajstić information content (AvgIpc) is 3.06. The number of carboxylic acids is 1. The van der Waals surface area contributed by atoms with Crippen LogP contribution in [0.3, 0.4) is 0 Å². The summed E-state index contributed by atoms with van der Waals surface area (Å²) in [5.74, 6) is -4.30. The Hall–Kier alpha value is -2.73. The molecule has 0 spiro atoms. The van der Waals surface area contributed by atoms with Gasteiger partial charge in [0, 0.05) is 6.54 Å². The Bertz CT molecular complexity index is 609. The summed E-state index contributed by atoms with van der Waals surface area (Å²) in [4.78, 5) is 59.9. The van der Waals surface area contributed by atoms with Crippen molar-refractivity contribution in [1.82, 2.24) is 15.5 Å². The molecule has 0 saturated carbocycles. The number of carbonyl (C=O) groups excluding carboxylic acids is 4. The van der Waals surface area contributed by atoms with E-state index in [4.69, 9.17) is 16.6 Å². The maximum atomic E-state index is 12.8. The summed E-state index contributed by atoms with van der Waals surface area (Å²) in [5.41, 5.74) is 10.6. The molecule has 8 N–H and O–H groups in total. The number of hydrogen-bond donors (Lipinski definition) is 6. The molecule has 4 atom stereocenters. The smallest absolute Gasteiger partial charge is 0.322 e. The molecule has 0 radical (unpaired) electrons. The third-order valence-electron chi connectivity index (χ3n) is 4.09. The molecule has 12 heteroatoms. The SMILES string of the molecule is CC(O)C(N)C(=O)NC(CC(N)=O)C(=O)N1CCCC1C(=O)NCC(=O)O. The first-order valence-corrected chi connectivity index (χ1v) is 8.37. The molecule has 0 aromatic carbocycles. The van der Waals surface area contributed by atoms with Crippen LogP contribution in [0.1, 0.15) is 26.2 Å². The van der Waals surface area contributed by atoms with E-state index in [9.17, 15) is 29.1 Å². The molecule has 1 heterocycles. The third-order valence-corrected chi connectivity index (χ3v) is 4.09. The van der Waals surface area contributed by atoms with E-state index in [1.165, 1.54) is 11.8 Å². The molecule has 1 aliphatic rings. The first-order chi connectivity index (χ1) is 12.5. The molecule has 4 amide bonds. The number of hydrogen-bond acceptors (Lipinski definition) is 7. The summed E-state index contributed by atoms with van der Waals surface area (Å²) in [7, 11) is 0. The van der Waals surface area contributed by atoms with Gasteiger partial charge >= 0.3 is 5.97 Å². The number of nitrogens with two attached hydrogens (primary N) is 2. The van der Waals surface area contributed by atoms with Crippen molar-refractivity contribution < 1.29 is 34.2 Å². The predicted molar refractivity (Wildman–Crippen MR) is 90.8 cm³/mol. The van der Waals surface area contributed by atoms with Crippen molar-refractivity contribution in [1.29, 1.82) is 0 Å². The molecular formula is C15H25N5O7. The largest absolute Gasteiger partial charge is 0.480 e. The molecule has 12 nitrogen and oxygen atoms in total. The normalized spacial score (nSPS) is 19.7. The zero-order valence-corrected chi connectivity index (χ0v) is 14.9. The van der Waals surface area contributed by atoms with E-state index < -0.39 is 66.8 Å². The number of nitrogens with one attached hydrogen (secondary N) is 2. The van der Waals surface area contributed by atoms with E-state index in [0.29, 0.717) is 12.8 Å². The highest BCUT2D eigenvalue weighted by molar-refractivity contribution is 5.96. The van der Waals surface area contributed by atoms with Crippen LogP contribution in [0.5, 0.6) is 0 Å². The lowest BCUT2D eigenvalue weighted by molar-refractivity contribution is -0.143. The van der Waals surface area contributed by atoms with Crippen LogP contribution < -0.4 is 22.1 Å². The lowest BCUT2D eigenvalue weighted by Gasteiger charge is -2.29. The molecule has 0 bridgehead atoms. The van der Waals surface area contributed by atoms with E-state index in [1.54, 1.807) is 0 Å². The molecule has 152 valence electrons. The highest BCUT2D eigenvalue weighted by Crippen LogP contribution is 2.19. The summed E-state index contributed by atoms with van der Waals surface area (Å²) >= 11 is 0. The monoisotopic (exact) mass is 387 g/mol. The first-order valence-electron chi connectivity index (χ1n) is 8.37. The maximum absolute atomic E-state index is 12.8. The van der Waals surface area contributed by atoms with Gasteiger partial charge in [0.25, 0.3) is 0 Å². The van der Waals surface area contributed by atoms with Crippen LogP contribution in [0, 0.1) is 0 Å². The van der Waals surface area contributed by atoms with Crippen molar-refractivity contribution in [3.05, 3.63) is 0 Å². The Balaban J connectivity index is 2.89. The quantitative estimate of drug-likeness (QED) is 0.231. The number of aliphatic hydroxyl groups is 1. The van der Waals surface area contributed by atoms with Crippen molar-refractivity contribution in [3.8, 4) is 0 Å². The zero-order valence-electron chi connectivity index (χ0n) is 14.9. The van der Waals surface area contributed by atoms with Gasteiger partial charge in [-0.05, 0) is 19.8 Å².